The molecule has 0 radical (unpaired) electrons. The van der Waals surface area contributed by atoms with Gasteiger partial charge in [-0.3, -0.25) is 0 Å². The van der Waals surface area contributed by atoms with E-state index in [1.807, 2.05) is 0 Å². The summed E-state index contributed by atoms with van der Waals surface area (Å²) in [7, 11) is 0. The Morgan fingerprint density at radius 2 is 1.11 bits per heavy atom. The molecule has 0 N–H and O–H groups in total. The summed E-state index contributed by atoms with van der Waals surface area (Å²) >= 11 is 0. The van der Waals surface area contributed by atoms with E-state index in [1.54, 1.807) is 11.1 Å². The van der Waals surface area contributed by atoms with Gasteiger partial charge >= 0.3 is 0 Å². The molecular weight excluding hydrogens is 432 g/mol. The van der Waals surface area contributed by atoms with Gasteiger partial charge in [0.1, 0.15) is 0 Å². The van der Waals surface area contributed by atoms with Gasteiger partial charge in [0.25, 0.3) is 0 Å². The number of hydrogen-bond acceptors (Lipinski definition) is 0. The first-order chi connectivity index (χ1) is 17.8. The summed E-state index contributed by atoms with van der Waals surface area (Å²) in [6, 6.07) is 19.0. The average molecular weight is 485 g/mol. The van der Waals surface area contributed by atoms with Gasteiger partial charge in [0.15, 0.2) is 0 Å². The lowest BCUT2D eigenvalue weighted by atomic mass is 9.77. The van der Waals surface area contributed by atoms with Crippen LogP contribution in [-0.4, -0.2) is 0 Å². The molecule has 2 aromatic carbocycles. The molecule has 0 nitrogen and oxygen atoms in total. The lowest BCUT2D eigenvalue weighted by Crippen LogP contribution is -2.13. The Kier molecular flexibility index (Phi) is 11.2. The third-order valence-electron chi connectivity index (χ3n) is 9.27. The van der Waals surface area contributed by atoms with Gasteiger partial charge in [-0.2, -0.15) is 0 Å². The van der Waals surface area contributed by atoms with Crippen molar-refractivity contribution in [2.75, 3.05) is 0 Å². The van der Waals surface area contributed by atoms with Crippen LogP contribution in [0.1, 0.15) is 140 Å². The molecule has 36 heavy (non-hydrogen) atoms. The lowest BCUT2D eigenvalue weighted by Gasteiger charge is -2.29. The minimum absolute atomic E-state index is 0.779. The van der Waals surface area contributed by atoms with Crippen molar-refractivity contribution in [3.8, 4) is 11.1 Å². The molecule has 1 atom stereocenters. The van der Waals surface area contributed by atoms with E-state index in [0.717, 1.165) is 17.8 Å². The second kappa shape index (κ2) is 14.8. The van der Waals surface area contributed by atoms with Gasteiger partial charge in [-0.25, -0.2) is 0 Å². The number of allylic oxidation sites excluding steroid dienone is 2. The molecule has 0 bridgehead atoms. The molecule has 2 aromatic rings. The molecule has 1 saturated carbocycles. The van der Waals surface area contributed by atoms with Crippen molar-refractivity contribution in [1.29, 1.82) is 0 Å². The standard InChI is InChI=1S/C36H52/c1-3-5-7-8-10-12-30-15-19-32(20-16-30)34-23-27-36(28-24-34)35-25-21-33(22-26-35)31-17-13-29(14-18-31)11-9-6-4-2/h17,21-30,32H,3-16,18-20H2,1-2H3. The maximum Gasteiger partial charge on any atom is -0.0162 e. The van der Waals surface area contributed by atoms with Crippen molar-refractivity contribution in [3.05, 3.63) is 65.7 Å². The Labute approximate surface area is 223 Å². The van der Waals surface area contributed by atoms with Gasteiger partial charge in [-0.15, -0.1) is 0 Å². The van der Waals surface area contributed by atoms with Crippen LogP contribution in [0.2, 0.25) is 0 Å². The van der Waals surface area contributed by atoms with Crippen LogP contribution in [0, 0.1) is 11.8 Å². The van der Waals surface area contributed by atoms with Crippen molar-refractivity contribution in [3.63, 3.8) is 0 Å². The molecule has 0 amide bonds. The van der Waals surface area contributed by atoms with E-state index >= 15 is 0 Å². The fraction of sp³-hybridized carbons (Fsp3) is 0.611. The van der Waals surface area contributed by atoms with Crippen molar-refractivity contribution in [2.24, 2.45) is 11.8 Å². The summed E-state index contributed by atoms with van der Waals surface area (Å²) in [6.45, 7) is 4.61. The van der Waals surface area contributed by atoms with Crippen LogP contribution >= 0.6 is 0 Å². The third-order valence-corrected chi connectivity index (χ3v) is 9.27. The maximum absolute atomic E-state index is 2.53. The molecule has 0 aromatic heterocycles. The molecule has 0 heteroatoms. The van der Waals surface area contributed by atoms with Crippen molar-refractivity contribution < 1.29 is 0 Å². The smallest absolute Gasteiger partial charge is 0.0162 e. The first kappa shape index (κ1) is 27.2. The van der Waals surface area contributed by atoms with Gasteiger partial charge in [-0.1, -0.05) is 133 Å². The molecule has 0 heterocycles. The Hall–Kier alpha value is -1.82. The largest absolute Gasteiger partial charge is 0.0804 e. The summed E-state index contributed by atoms with van der Waals surface area (Å²) in [4.78, 5) is 0. The molecule has 0 spiro atoms. The molecule has 4 rings (SSSR count). The zero-order valence-electron chi connectivity index (χ0n) is 23.4. The van der Waals surface area contributed by atoms with Crippen LogP contribution < -0.4 is 0 Å². The molecular formula is C36H52. The number of benzene rings is 2. The van der Waals surface area contributed by atoms with Gasteiger partial charge < -0.3 is 0 Å². The Balaban J connectivity index is 1.24. The zero-order chi connectivity index (χ0) is 25.0. The Morgan fingerprint density at radius 3 is 1.75 bits per heavy atom. The number of rotatable bonds is 13. The van der Waals surface area contributed by atoms with E-state index < -0.39 is 0 Å². The number of unbranched alkanes of at least 4 members (excludes halogenated alkanes) is 6. The van der Waals surface area contributed by atoms with E-state index in [4.69, 9.17) is 0 Å². The summed E-state index contributed by atoms with van der Waals surface area (Å²) in [5.74, 6) is 2.69. The van der Waals surface area contributed by atoms with Crippen molar-refractivity contribution in [2.45, 2.75) is 129 Å². The Morgan fingerprint density at radius 1 is 0.556 bits per heavy atom. The highest BCUT2D eigenvalue weighted by Crippen LogP contribution is 2.39. The second-order valence-corrected chi connectivity index (χ2v) is 12.0. The van der Waals surface area contributed by atoms with Gasteiger partial charge in [0.05, 0.1) is 0 Å². The molecule has 2 aliphatic rings. The second-order valence-electron chi connectivity index (χ2n) is 12.0. The van der Waals surface area contributed by atoms with Gasteiger partial charge in [0.2, 0.25) is 0 Å². The monoisotopic (exact) mass is 484 g/mol. The van der Waals surface area contributed by atoms with Crippen molar-refractivity contribution >= 4 is 5.57 Å². The quantitative estimate of drug-likeness (QED) is 0.248. The van der Waals surface area contributed by atoms with Gasteiger partial charge in [0, 0.05) is 0 Å². The summed E-state index contributed by atoms with van der Waals surface area (Å²) in [5, 5.41) is 0. The van der Waals surface area contributed by atoms with Crippen molar-refractivity contribution in [1.82, 2.24) is 0 Å². The minimum atomic E-state index is 0.779. The first-order valence-electron chi connectivity index (χ1n) is 15.7. The fourth-order valence-corrected chi connectivity index (χ4v) is 6.74. The van der Waals surface area contributed by atoms with E-state index in [-0.39, 0.29) is 0 Å². The summed E-state index contributed by atoms with van der Waals surface area (Å²) in [6.07, 6.45) is 26.3. The highest BCUT2D eigenvalue weighted by atomic mass is 14.3. The van der Waals surface area contributed by atoms with Crippen LogP contribution in [0.15, 0.2) is 54.6 Å². The van der Waals surface area contributed by atoms with E-state index in [1.165, 1.54) is 126 Å². The SMILES string of the molecule is CCCCCCCC1CCC(c2ccc(-c3ccc(C4=CCC(CCCCC)CC4)cc3)cc2)CC1. The fourth-order valence-electron chi connectivity index (χ4n) is 6.74. The van der Waals surface area contributed by atoms with Crippen LogP contribution in [-0.2, 0) is 0 Å². The molecule has 1 unspecified atom stereocenters. The molecule has 0 aliphatic heterocycles. The van der Waals surface area contributed by atoms with E-state index in [9.17, 15) is 0 Å². The van der Waals surface area contributed by atoms with Crippen LogP contribution in [0.5, 0.6) is 0 Å². The average Bonchev–Trinajstić information content (AvgIpc) is 2.94. The van der Waals surface area contributed by atoms with E-state index in [0.29, 0.717) is 0 Å². The molecule has 2 aliphatic carbocycles. The van der Waals surface area contributed by atoms with Crippen LogP contribution in [0.4, 0.5) is 0 Å². The highest BCUT2D eigenvalue weighted by Gasteiger charge is 2.22. The maximum atomic E-state index is 2.53. The topological polar surface area (TPSA) is 0 Å². The normalized spacial score (nSPS) is 22.4. The summed E-state index contributed by atoms with van der Waals surface area (Å²) in [5.41, 5.74) is 7.29. The van der Waals surface area contributed by atoms with E-state index in [2.05, 4.69) is 68.5 Å². The summed E-state index contributed by atoms with van der Waals surface area (Å²) < 4.78 is 0. The first-order valence-corrected chi connectivity index (χ1v) is 15.7. The lowest BCUT2D eigenvalue weighted by molar-refractivity contribution is 0.302. The van der Waals surface area contributed by atoms with Crippen LogP contribution in [0.25, 0.3) is 16.7 Å². The van der Waals surface area contributed by atoms with Crippen LogP contribution in [0.3, 0.4) is 0 Å². The predicted octanol–water partition coefficient (Wildman–Crippen LogP) is 11.8. The molecule has 0 saturated heterocycles. The number of hydrogen-bond donors (Lipinski definition) is 0. The Bertz CT molecular complexity index is 892. The molecule has 1 fully saturated rings. The highest BCUT2D eigenvalue weighted by molar-refractivity contribution is 5.71. The third kappa shape index (κ3) is 8.09. The molecule has 196 valence electrons. The minimum Gasteiger partial charge on any atom is -0.0804 e. The predicted molar refractivity (Wildman–Crippen MR) is 159 cm³/mol. The zero-order valence-corrected chi connectivity index (χ0v) is 23.4. The van der Waals surface area contributed by atoms with Gasteiger partial charge in [-0.05, 0) is 90.5 Å².